The second kappa shape index (κ2) is 6.10. The van der Waals surface area contributed by atoms with Gasteiger partial charge in [0, 0.05) is 17.8 Å². The summed E-state index contributed by atoms with van der Waals surface area (Å²) in [6.45, 7) is 4.85. The molecule has 0 aliphatic heterocycles. The summed E-state index contributed by atoms with van der Waals surface area (Å²) < 4.78 is 0. The van der Waals surface area contributed by atoms with Crippen LogP contribution in [-0.2, 0) is 6.54 Å². The topological polar surface area (TPSA) is 70.6 Å². The Bertz CT molecular complexity index is 615. The lowest BCUT2D eigenvalue weighted by atomic mass is 10.1. The fraction of sp³-hybridized carbons (Fsp3) is 0.188. The number of benzene rings is 2. The van der Waals surface area contributed by atoms with Gasteiger partial charge >= 0.3 is 0 Å². The van der Waals surface area contributed by atoms with Gasteiger partial charge in [-0.05, 0) is 48.7 Å². The Morgan fingerprint density at radius 1 is 1.15 bits per heavy atom. The third kappa shape index (κ3) is 3.51. The van der Waals surface area contributed by atoms with Crippen molar-refractivity contribution in [2.24, 2.45) is 10.9 Å². The Kier molecular flexibility index (Phi) is 4.25. The number of rotatable bonds is 4. The van der Waals surface area contributed by atoms with Crippen molar-refractivity contribution >= 4 is 11.5 Å². The van der Waals surface area contributed by atoms with E-state index in [9.17, 15) is 0 Å². The first-order valence-corrected chi connectivity index (χ1v) is 6.47. The summed E-state index contributed by atoms with van der Waals surface area (Å²) >= 11 is 0. The second-order valence-corrected chi connectivity index (χ2v) is 4.92. The number of nitrogens with zero attached hydrogens (tertiary/aromatic N) is 1. The largest absolute Gasteiger partial charge is 0.409 e. The normalized spacial score (nSPS) is 11.4. The molecule has 4 nitrogen and oxygen atoms in total. The van der Waals surface area contributed by atoms with Crippen LogP contribution in [0.15, 0.2) is 47.6 Å². The summed E-state index contributed by atoms with van der Waals surface area (Å²) in [5.41, 5.74) is 10.9. The van der Waals surface area contributed by atoms with E-state index in [2.05, 4.69) is 42.5 Å². The molecule has 104 valence electrons. The molecule has 0 saturated heterocycles. The molecule has 0 aliphatic rings. The Morgan fingerprint density at radius 3 is 2.50 bits per heavy atom. The quantitative estimate of drug-likeness (QED) is 0.346. The Balaban J connectivity index is 2.11. The predicted octanol–water partition coefficient (Wildman–Crippen LogP) is 3.01. The molecular formula is C16H19N3O. The van der Waals surface area contributed by atoms with Crippen molar-refractivity contribution in [3.63, 3.8) is 0 Å². The minimum atomic E-state index is 0.123. The molecule has 4 heteroatoms. The van der Waals surface area contributed by atoms with Gasteiger partial charge in [0.25, 0.3) is 0 Å². The van der Waals surface area contributed by atoms with Crippen LogP contribution in [0.3, 0.4) is 0 Å². The van der Waals surface area contributed by atoms with Gasteiger partial charge < -0.3 is 16.3 Å². The van der Waals surface area contributed by atoms with Crippen LogP contribution in [0, 0.1) is 13.8 Å². The zero-order chi connectivity index (χ0) is 14.5. The van der Waals surface area contributed by atoms with E-state index in [0.29, 0.717) is 12.1 Å². The molecule has 0 spiro atoms. The van der Waals surface area contributed by atoms with Crippen molar-refractivity contribution in [1.29, 1.82) is 0 Å². The van der Waals surface area contributed by atoms with E-state index >= 15 is 0 Å². The van der Waals surface area contributed by atoms with Gasteiger partial charge in [-0.2, -0.15) is 0 Å². The van der Waals surface area contributed by atoms with Crippen LogP contribution in [0.5, 0.6) is 0 Å². The molecular weight excluding hydrogens is 250 g/mol. The number of oxime groups is 1. The van der Waals surface area contributed by atoms with Gasteiger partial charge in [0.05, 0.1) is 0 Å². The highest BCUT2D eigenvalue weighted by molar-refractivity contribution is 5.97. The average Bonchev–Trinajstić information content (AvgIpc) is 2.43. The summed E-state index contributed by atoms with van der Waals surface area (Å²) in [6, 6.07) is 14.0. The van der Waals surface area contributed by atoms with Gasteiger partial charge in [-0.1, -0.05) is 29.4 Å². The molecule has 0 fully saturated rings. The first-order chi connectivity index (χ1) is 9.58. The van der Waals surface area contributed by atoms with E-state index in [1.54, 1.807) is 0 Å². The minimum absolute atomic E-state index is 0.123. The number of amidine groups is 1. The maximum atomic E-state index is 8.70. The van der Waals surface area contributed by atoms with Crippen molar-refractivity contribution in [2.45, 2.75) is 20.4 Å². The molecule has 0 unspecified atom stereocenters. The lowest BCUT2D eigenvalue weighted by Gasteiger charge is -2.09. The number of nitrogens with two attached hydrogens (primary N) is 1. The van der Waals surface area contributed by atoms with Crippen LogP contribution in [0.1, 0.15) is 22.3 Å². The van der Waals surface area contributed by atoms with Crippen molar-refractivity contribution in [2.75, 3.05) is 5.32 Å². The Hall–Kier alpha value is -2.49. The van der Waals surface area contributed by atoms with E-state index in [4.69, 9.17) is 10.9 Å². The zero-order valence-corrected chi connectivity index (χ0v) is 11.7. The molecule has 2 rings (SSSR count). The zero-order valence-electron chi connectivity index (χ0n) is 11.7. The molecule has 0 radical (unpaired) electrons. The molecule has 0 saturated carbocycles. The minimum Gasteiger partial charge on any atom is -0.409 e. The third-order valence-corrected chi connectivity index (χ3v) is 3.05. The van der Waals surface area contributed by atoms with Gasteiger partial charge in [-0.3, -0.25) is 0 Å². The maximum Gasteiger partial charge on any atom is 0.170 e. The first kappa shape index (κ1) is 13.9. The van der Waals surface area contributed by atoms with Crippen molar-refractivity contribution in [1.82, 2.24) is 0 Å². The van der Waals surface area contributed by atoms with Gasteiger partial charge in [-0.25, -0.2) is 0 Å². The highest BCUT2D eigenvalue weighted by Crippen LogP contribution is 2.15. The summed E-state index contributed by atoms with van der Waals surface area (Å²) in [6.07, 6.45) is 0. The highest BCUT2D eigenvalue weighted by Gasteiger charge is 2.01. The number of hydrogen-bond donors (Lipinski definition) is 3. The molecule has 0 atom stereocenters. The molecule has 0 bridgehead atoms. The van der Waals surface area contributed by atoms with E-state index < -0.39 is 0 Å². The standard InChI is InChI=1S/C16H19N3O/c1-11-6-12(2)8-15(7-11)18-10-13-4-3-5-14(9-13)16(17)19-20/h3-9,18,20H,10H2,1-2H3,(H2,17,19). The fourth-order valence-corrected chi connectivity index (χ4v) is 2.18. The summed E-state index contributed by atoms with van der Waals surface area (Å²) in [5, 5.41) is 15.1. The monoisotopic (exact) mass is 269 g/mol. The Labute approximate surface area is 118 Å². The molecule has 0 heterocycles. The molecule has 20 heavy (non-hydrogen) atoms. The summed E-state index contributed by atoms with van der Waals surface area (Å²) in [7, 11) is 0. The van der Waals surface area contributed by atoms with Gasteiger partial charge in [0.1, 0.15) is 0 Å². The van der Waals surface area contributed by atoms with Crippen LogP contribution >= 0.6 is 0 Å². The Morgan fingerprint density at radius 2 is 1.85 bits per heavy atom. The van der Waals surface area contributed by atoms with E-state index in [0.717, 1.165) is 11.3 Å². The van der Waals surface area contributed by atoms with Crippen molar-refractivity contribution in [3.05, 3.63) is 64.7 Å². The lowest BCUT2D eigenvalue weighted by molar-refractivity contribution is 0.318. The fourth-order valence-electron chi connectivity index (χ4n) is 2.18. The van der Waals surface area contributed by atoms with Crippen LogP contribution in [0.2, 0.25) is 0 Å². The maximum absolute atomic E-state index is 8.70. The number of hydrogen-bond acceptors (Lipinski definition) is 3. The van der Waals surface area contributed by atoms with Crippen molar-refractivity contribution < 1.29 is 5.21 Å². The average molecular weight is 269 g/mol. The van der Waals surface area contributed by atoms with Crippen LogP contribution in [0.4, 0.5) is 5.69 Å². The van der Waals surface area contributed by atoms with E-state index in [-0.39, 0.29) is 5.84 Å². The van der Waals surface area contributed by atoms with Crippen LogP contribution < -0.4 is 11.1 Å². The van der Waals surface area contributed by atoms with Crippen molar-refractivity contribution in [3.8, 4) is 0 Å². The lowest BCUT2D eigenvalue weighted by Crippen LogP contribution is -2.13. The molecule has 2 aromatic rings. The van der Waals surface area contributed by atoms with Gasteiger partial charge in [0.2, 0.25) is 0 Å². The van der Waals surface area contributed by atoms with Gasteiger partial charge in [-0.15, -0.1) is 0 Å². The third-order valence-electron chi connectivity index (χ3n) is 3.05. The summed E-state index contributed by atoms with van der Waals surface area (Å²) in [4.78, 5) is 0. The van der Waals surface area contributed by atoms with E-state index in [1.165, 1.54) is 11.1 Å². The molecule has 0 amide bonds. The molecule has 2 aromatic carbocycles. The smallest absolute Gasteiger partial charge is 0.170 e. The number of nitrogens with one attached hydrogen (secondary N) is 1. The van der Waals surface area contributed by atoms with Crippen LogP contribution in [0.25, 0.3) is 0 Å². The van der Waals surface area contributed by atoms with Gasteiger partial charge in [0.15, 0.2) is 5.84 Å². The predicted molar refractivity (Wildman–Crippen MR) is 82.2 cm³/mol. The number of aryl methyl sites for hydroxylation is 2. The highest BCUT2D eigenvalue weighted by atomic mass is 16.4. The summed E-state index contributed by atoms with van der Waals surface area (Å²) in [5.74, 6) is 0.123. The molecule has 4 N–H and O–H groups in total. The SMILES string of the molecule is Cc1cc(C)cc(NCc2cccc(C(N)=NO)c2)c1. The van der Waals surface area contributed by atoms with E-state index in [1.807, 2.05) is 24.3 Å². The molecule has 0 aliphatic carbocycles. The second-order valence-electron chi connectivity index (χ2n) is 4.92. The van der Waals surface area contributed by atoms with Crippen LogP contribution in [-0.4, -0.2) is 11.0 Å². The molecule has 0 aromatic heterocycles. The number of anilines is 1. The first-order valence-electron chi connectivity index (χ1n) is 6.47.